The highest BCUT2D eigenvalue weighted by Gasteiger charge is 2.29. The Morgan fingerprint density at radius 1 is 1.04 bits per heavy atom. The molecule has 0 unspecified atom stereocenters. The highest BCUT2D eigenvalue weighted by molar-refractivity contribution is 8.00. The minimum Gasteiger partial charge on any atom is -0.381 e. The Kier molecular flexibility index (Phi) is 5.04. The van der Waals surface area contributed by atoms with Gasteiger partial charge in [0.2, 0.25) is 0 Å². The van der Waals surface area contributed by atoms with Crippen LogP contribution in [0.15, 0.2) is 47.6 Å². The van der Waals surface area contributed by atoms with E-state index in [9.17, 15) is 13.2 Å². The van der Waals surface area contributed by atoms with Crippen LogP contribution in [0.3, 0.4) is 0 Å². The van der Waals surface area contributed by atoms with Crippen molar-refractivity contribution < 1.29 is 13.2 Å². The molecule has 0 amide bonds. The van der Waals surface area contributed by atoms with E-state index in [0.29, 0.717) is 6.04 Å². The van der Waals surface area contributed by atoms with E-state index in [4.69, 9.17) is 0 Å². The minimum atomic E-state index is -4.28. The molecule has 0 radical (unpaired) electrons. The van der Waals surface area contributed by atoms with Crippen LogP contribution in [0.4, 0.5) is 18.9 Å². The number of rotatable bonds is 4. The molecule has 1 saturated carbocycles. The lowest BCUT2D eigenvalue weighted by molar-refractivity contribution is -0.0328. The zero-order valence-electron chi connectivity index (χ0n) is 14.6. The van der Waals surface area contributed by atoms with Gasteiger partial charge in [-0.3, -0.25) is 0 Å². The monoisotopic (exact) mass is 391 g/mol. The summed E-state index contributed by atoms with van der Waals surface area (Å²) in [6, 6.07) is 8.90. The van der Waals surface area contributed by atoms with Crippen molar-refractivity contribution in [1.29, 1.82) is 0 Å². The van der Waals surface area contributed by atoms with Crippen molar-refractivity contribution in [3.63, 3.8) is 0 Å². The number of thioether (sulfide) groups is 1. The van der Waals surface area contributed by atoms with Gasteiger partial charge >= 0.3 is 5.51 Å². The van der Waals surface area contributed by atoms with E-state index < -0.39 is 5.51 Å². The summed E-state index contributed by atoms with van der Waals surface area (Å²) in [5, 5.41) is 4.69. The van der Waals surface area contributed by atoms with Crippen LogP contribution in [0.2, 0.25) is 0 Å². The van der Waals surface area contributed by atoms with Crippen molar-refractivity contribution in [3.05, 3.63) is 42.7 Å². The molecule has 2 heterocycles. The molecule has 4 rings (SSSR count). The van der Waals surface area contributed by atoms with Crippen molar-refractivity contribution in [2.24, 2.45) is 0 Å². The molecule has 142 valence electrons. The maximum atomic E-state index is 12.6. The lowest BCUT2D eigenvalue weighted by Gasteiger charge is -2.25. The highest BCUT2D eigenvalue weighted by Crippen LogP contribution is 2.39. The fraction of sp³-hybridized carbons (Fsp3) is 0.350. The second-order valence-electron chi connectivity index (χ2n) is 6.84. The third kappa shape index (κ3) is 4.24. The third-order valence-corrected chi connectivity index (χ3v) is 5.68. The van der Waals surface area contributed by atoms with Gasteiger partial charge in [0.05, 0.1) is 5.69 Å². The minimum absolute atomic E-state index is 0.0950. The van der Waals surface area contributed by atoms with Gasteiger partial charge < -0.3 is 10.3 Å². The number of nitrogens with one attached hydrogen (secondary N) is 2. The van der Waals surface area contributed by atoms with Crippen LogP contribution in [-0.2, 0) is 0 Å². The number of hydrogen-bond donors (Lipinski definition) is 2. The molecule has 0 bridgehead atoms. The predicted molar refractivity (Wildman–Crippen MR) is 104 cm³/mol. The fourth-order valence-electron chi connectivity index (χ4n) is 3.67. The number of halogens is 3. The average molecular weight is 391 g/mol. The smallest absolute Gasteiger partial charge is 0.381 e. The van der Waals surface area contributed by atoms with Gasteiger partial charge in [0.25, 0.3) is 0 Å². The molecule has 1 aliphatic rings. The normalized spacial score (nSPS) is 16.0. The SMILES string of the molecule is FC(F)(F)Sc1ccc(-c2cnc3[nH]ccc3c2NC2CCCCC2)cc1. The quantitative estimate of drug-likeness (QED) is 0.493. The first kappa shape index (κ1) is 18.2. The van der Waals surface area contributed by atoms with Crippen LogP contribution < -0.4 is 5.32 Å². The molecule has 0 aliphatic heterocycles. The van der Waals surface area contributed by atoms with Crippen molar-refractivity contribution in [2.75, 3.05) is 5.32 Å². The Morgan fingerprint density at radius 3 is 2.48 bits per heavy atom. The molecular formula is C20H20F3N3S. The van der Waals surface area contributed by atoms with Gasteiger partial charge in [-0.25, -0.2) is 4.98 Å². The van der Waals surface area contributed by atoms with Crippen molar-refractivity contribution in [1.82, 2.24) is 9.97 Å². The number of pyridine rings is 1. The van der Waals surface area contributed by atoms with Gasteiger partial charge in [0.15, 0.2) is 0 Å². The number of benzene rings is 1. The molecule has 3 nitrogen and oxygen atoms in total. The standard InChI is InChI=1S/C20H20F3N3S/c21-20(22,23)27-15-8-6-13(7-9-15)17-12-25-19-16(10-11-24-19)18(17)26-14-4-2-1-3-5-14/h6-12,14H,1-5H2,(H2,24,25,26). The number of hydrogen-bond acceptors (Lipinski definition) is 3. The maximum absolute atomic E-state index is 12.6. The van der Waals surface area contributed by atoms with E-state index >= 15 is 0 Å². The lowest BCUT2D eigenvalue weighted by atomic mass is 9.94. The summed E-state index contributed by atoms with van der Waals surface area (Å²) in [5.74, 6) is 0. The van der Waals surface area contributed by atoms with Gasteiger partial charge in [0, 0.05) is 34.3 Å². The Bertz CT molecular complexity index is 912. The molecular weight excluding hydrogens is 371 g/mol. The van der Waals surface area contributed by atoms with Gasteiger partial charge in [0.1, 0.15) is 5.65 Å². The second kappa shape index (κ2) is 7.46. The van der Waals surface area contributed by atoms with E-state index in [1.807, 2.05) is 12.3 Å². The summed E-state index contributed by atoms with van der Waals surface area (Å²) < 4.78 is 37.7. The lowest BCUT2D eigenvalue weighted by Crippen LogP contribution is -2.22. The summed E-state index contributed by atoms with van der Waals surface area (Å²) in [5.41, 5.74) is -0.696. The first-order chi connectivity index (χ1) is 13.0. The predicted octanol–water partition coefficient (Wildman–Crippen LogP) is 6.59. The summed E-state index contributed by atoms with van der Waals surface area (Å²) in [6.07, 6.45) is 9.63. The molecule has 3 aromatic rings. The van der Waals surface area contributed by atoms with E-state index in [1.165, 1.54) is 31.4 Å². The van der Waals surface area contributed by atoms with Crippen molar-refractivity contribution >= 4 is 28.5 Å². The first-order valence-corrected chi connectivity index (χ1v) is 9.90. The van der Waals surface area contributed by atoms with Crippen LogP contribution in [0.1, 0.15) is 32.1 Å². The van der Waals surface area contributed by atoms with E-state index in [1.54, 1.807) is 18.3 Å². The molecule has 1 aliphatic carbocycles. The Morgan fingerprint density at radius 2 is 1.78 bits per heavy atom. The average Bonchev–Trinajstić information content (AvgIpc) is 3.12. The van der Waals surface area contributed by atoms with Gasteiger partial charge in [-0.2, -0.15) is 13.2 Å². The molecule has 2 N–H and O–H groups in total. The summed E-state index contributed by atoms with van der Waals surface area (Å²) in [4.78, 5) is 7.79. The molecule has 7 heteroatoms. The number of alkyl halides is 3. The van der Waals surface area contributed by atoms with Crippen LogP contribution in [0.25, 0.3) is 22.2 Å². The van der Waals surface area contributed by atoms with Crippen molar-refractivity contribution in [3.8, 4) is 11.1 Å². The molecule has 2 aromatic heterocycles. The van der Waals surface area contributed by atoms with Gasteiger partial charge in [-0.05, 0) is 48.4 Å². The number of aromatic nitrogens is 2. The zero-order chi connectivity index (χ0) is 18.9. The number of aromatic amines is 1. The van der Waals surface area contributed by atoms with E-state index in [-0.39, 0.29) is 16.7 Å². The number of nitrogens with zero attached hydrogens (tertiary/aromatic N) is 1. The number of fused-ring (bicyclic) bond motifs is 1. The number of anilines is 1. The van der Waals surface area contributed by atoms with Gasteiger partial charge in [-0.15, -0.1) is 0 Å². The fourth-order valence-corrected chi connectivity index (χ4v) is 4.21. The summed E-state index contributed by atoms with van der Waals surface area (Å²) >= 11 is -0.0950. The second-order valence-corrected chi connectivity index (χ2v) is 7.98. The van der Waals surface area contributed by atoms with E-state index in [0.717, 1.165) is 40.7 Å². The maximum Gasteiger partial charge on any atom is 0.446 e. The van der Waals surface area contributed by atoms with Gasteiger partial charge in [-0.1, -0.05) is 31.4 Å². The van der Waals surface area contributed by atoms with Crippen LogP contribution in [-0.4, -0.2) is 21.5 Å². The Balaban J connectivity index is 1.69. The Hall–Kier alpha value is -2.15. The first-order valence-electron chi connectivity index (χ1n) is 9.08. The molecule has 1 aromatic carbocycles. The van der Waals surface area contributed by atoms with Crippen LogP contribution in [0, 0.1) is 0 Å². The summed E-state index contributed by atoms with van der Waals surface area (Å²) in [7, 11) is 0. The highest BCUT2D eigenvalue weighted by atomic mass is 32.2. The molecule has 0 saturated heterocycles. The molecule has 27 heavy (non-hydrogen) atoms. The zero-order valence-corrected chi connectivity index (χ0v) is 15.5. The van der Waals surface area contributed by atoms with Crippen molar-refractivity contribution in [2.45, 2.75) is 48.5 Å². The summed E-state index contributed by atoms with van der Waals surface area (Å²) in [6.45, 7) is 0. The topological polar surface area (TPSA) is 40.7 Å². The van der Waals surface area contributed by atoms with E-state index in [2.05, 4.69) is 15.3 Å². The number of H-pyrrole nitrogens is 1. The van der Waals surface area contributed by atoms with Crippen LogP contribution in [0.5, 0.6) is 0 Å². The Labute approximate surface area is 159 Å². The molecule has 0 atom stereocenters. The molecule has 1 fully saturated rings. The third-order valence-electron chi connectivity index (χ3n) is 4.94. The molecule has 0 spiro atoms. The van der Waals surface area contributed by atoms with Crippen LogP contribution >= 0.6 is 11.8 Å². The largest absolute Gasteiger partial charge is 0.446 e.